The van der Waals surface area contributed by atoms with Gasteiger partial charge in [0, 0.05) is 18.5 Å². The van der Waals surface area contributed by atoms with Crippen LogP contribution in [0.2, 0.25) is 0 Å². The molecule has 0 aromatic carbocycles. The second kappa shape index (κ2) is 6.50. The fraction of sp³-hybridized carbons (Fsp3) is 0.923. The summed E-state index contributed by atoms with van der Waals surface area (Å²) in [6.07, 6.45) is 2.79. The Morgan fingerprint density at radius 3 is 2.89 bits per heavy atom. The summed E-state index contributed by atoms with van der Waals surface area (Å²) >= 11 is 0. The number of nitrogens with one attached hydrogen (secondary N) is 1. The first-order valence-corrected chi connectivity index (χ1v) is 6.89. The lowest BCUT2D eigenvalue weighted by molar-refractivity contribution is -0.129. The maximum absolute atomic E-state index is 12.0. The zero-order valence-corrected chi connectivity index (χ0v) is 11.1. The van der Waals surface area contributed by atoms with E-state index in [9.17, 15) is 4.79 Å². The van der Waals surface area contributed by atoms with Gasteiger partial charge in [0.25, 0.3) is 0 Å². The standard InChI is InChI=1S/C13H24N2O3/c1-9-2-3-10(6-12(9)14)13(16)15-7-11-8-17-4-5-18-11/h9-12H,2-8,14H2,1H3,(H,15,16). The van der Waals surface area contributed by atoms with Crippen molar-refractivity contribution in [2.24, 2.45) is 17.6 Å². The van der Waals surface area contributed by atoms with Gasteiger partial charge in [-0.05, 0) is 25.2 Å². The fourth-order valence-corrected chi connectivity index (χ4v) is 2.61. The monoisotopic (exact) mass is 256 g/mol. The lowest BCUT2D eigenvalue weighted by Gasteiger charge is -2.31. The van der Waals surface area contributed by atoms with Crippen molar-refractivity contribution in [3.8, 4) is 0 Å². The van der Waals surface area contributed by atoms with E-state index in [0.29, 0.717) is 32.3 Å². The SMILES string of the molecule is CC1CCC(C(=O)NCC2COCCO2)CC1N. The van der Waals surface area contributed by atoms with E-state index in [1.165, 1.54) is 0 Å². The maximum atomic E-state index is 12.0. The summed E-state index contributed by atoms with van der Waals surface area (Å²) in [5.74, 6) is 0.719. The predicted molar refractivity (Wildman–Crippen MR) is 68.0 cm³/mol. The molecule has 104 valence electrons. The molecule has 5 nitrogen and oxygen atoms in total. The van der Waals surface area contributed by atoms with E-state index in [1.807, 2.05) is 0 Å². The van der Waals surface area contributed by atoms with Crippen molar-refractivity contribution in [1.82, 2.24) is 5.32 Å². The van der Waals surface area contributed by atoms with Crippen LogP contribution in [0.3, 0.4) is 0 Å². The highest BCUT2D eigenvalue weighted by atomic mass is 16.6. The van der Waals surface area contributed by atoms with Gasteiger partial charge in [-0.2, -0.15) is 0 Å². The van der Waals surface area contributed by atoms with Crippen molar-refractivity contribution in [1.29, 1.82) is 0 Å². The summed E-state index contributed by atoms with van der Waals surface area (Å²) in [6.45, 7) is 4.54. The van der Waals surface area contributed by atoms with Gasteiger partial charge in [0.05, 0.1) is 25.9 Å². The minimum absolute atomic E-state index is 0.00103. The summed E-state index contributed by atoms with van der Waals surface area (Å²) < 4.78 is 10.8. The minimum atomic E-state index is -0.00103. The van der Waals surface area contributed by atoms with Crippen molar-refractivity contribution >= 4 is 5.91 Å². The first kappa shape index (κ1) is 13.8. The number of hydrogen-bond donors (Lipinski definition) is 2. The van der Waals surface area contributed by atoms with Gasteiger partial charge in [-0.25, -0.2) is 0 Å². The van der Waals surface area contributed by atoms with Crippen LogP contribution >= 0.6 is 0 Å². The van der Waals surface area contributed by atoms with Crippen LogP contribution in [0, 0.1) is 11.8 Å². The summed E-state index contributed by atoms with van der Waals surface area (Å²) in [7, 11) is 0. The molecular weight excluding hydrogens is 232 g/mol. The molecule has 2 aliphatic rings. The Morgan fingerprint density at radius 1 is 1.39 bits per heavy atom. The molecule has 1 aliphatic carbocycles. The topological polar surface area (TPSA) is 73.6 Å². The number of ether oxygens (including phenoxy) is 2. The smallest absolute Gasteiger partial charge is 0.223 e. The number of hydrogen-bond acceptors (Lipinski definition) is 4. The summed E-state index contributed by atoms with van der Waals surface area (Å²) in [5.41, 5.74) is 6.02. The van der Waals surface area contributed by atoms with Crippen molar-refractivity contribution < 1.29 is 14.3 Å². The molecule has 1 saturated heterocycles. The Morgan fingerprint density at radius 2 is 2.22 bits per heavy atom. The van der Waals surface area contributed by atoms with Crippen LogP contribution in [-0.4, -0.2) is 44.4 Å². The number of carbonyl (C=O) groups is 1. The zero-order chi connectivity index (χ0) is 13.0. The van der Waals surface area contributed by atoms with E-state index in [-0.39, 0.29) is 24.0 Å². The quantitative estimate of drug-likeness (QED) is 0.761. The first-order chi connectivity index (χ1) is 8.66. The van der Waals surface area contributed by atoms with Crippen molar-refractivity contribution in [2.75, 3.05) is 26.4 Å². The molecule has 4 unspecified atom stereocenters. The van der Waals surface area contributed by atoms with Crippen LogP contribution in [0.5, 0.6) is 0 Å². The van der Waals surface area contributed by atoms with E-state index < -0.39 is 0 Å². The van der Waals surface area contributed by atoms with Gasteiger partial charge in [0.15, 0.2) is 0 Å². The lowest BCUT2D eigenvalue weighted by atomic mass is 9.79. The molecular formula is C13H24N2O3. The van der Waals surface area contributed by atoms with Crippen molar-refractivity contribution in [3.05, 3.63) is 0 Å². The van der Waals surface area contributed by atoms with E-state index in [2.05, 4.69) is 12.2 Å². The molecule has 1 heterocycles. The molecule has 5 heteroatoms. The maximum Gasteiger partial charge on any atom is 0.223 e. The molecule has 2 rings (SSSR count). The van der Waals surface area contributed by atoms with Crippen LogP contribution in [-0.2, 0) is 14.3 Å². The number of nitrogens with two attached hydrogens (primary N) is 1. The number of amides is 1. The first-order valence-electron chi connectivity index (χ1n) is 6.89. The van der Waals surface area contributed by atoms with Gasteiger partial charge < -0.3 is 20.5 Å². The highest BCUT2D eigenvalue weighted by molar-refractivity contribution is 5.78. The van der Waals surface area contributed by atoms with Gasteiger partial charge in [0.1, 0.15) is 0 Å². The van der Waals surface area contributed by atoms with Crippen LogP contribution in [0.15, 0.2) is 0 Å². The molecule has 1 amide bonds. The van der Waals surface area contributed by atoms with Crippen LogP contribution in [0.25, 0.3) is 0 Å². The predicted octanol–water partition coefficient (Wildman–Crippen LogP) is 0.282. The third kappa shape index (κ3) is 3.67. The van der Waals surface area contributed by atoms with E-state index in [0.717, 1.165) is 19.3 Å². The molecule has 1 saturated carbocycles. The zero-order valence-electron chi connectivity index (χ0n) is 11.1. The second-order valence-electron chi connectivity index (χ2n) is 5.46. The molecule has 4 atom stereocenters. The van der Waals surface area contributed by atoms with Crippen molar-refractivity contribution in [3.63, 3.8) is 0 Å². The molecule has 3 N–H and O–H groups in total. The summed E-state index contributed by atoms with van der Waals surface area (Å²) in [4.78, 5) is 12.0. The van der Waals surface area contributed by atoms with Gasteiger partial charge in [-0.15, -0.1) is 0 Å². The summed E-state index contributed by atoms with van der Waals surface area (Å²) in [6, 6.07) is 0.156. The Kier molecular flexibility index (Phi) is 4.97. The van der Waals surface area contributed by atoms with Crippen molar-refractivity contribution in [2.45, 2.75) is 38.3 Å². The minimum Gasteiger partial charge on any atom is -0.376 e. The molecule has 2 fully saturated rings. The number of rotatable bonds is 3. The average molecular weight is 256 g/mol. The van der Waals surface area contributed by atoms with Gasteiger partial charge in [-0.1, -0.05) is 6.92 Å². The molecule has 0 bridgehead atoms. The van der Waals surface area contributed by atoms with E-state index in [1.54, 1.807) is 0 Å². The molecule has 0 aromatic heterocycles. The second-order valence-corrected chi connectivity index (χ2v) is 5.46. The van der Waals surface area contributed by atoms with E-state index in [4.69, 9.17) is 15.2 Å². The van der Waals surface area contributed by atoms with Crippen LogP contribution < -0.4 is 11.1 Å². The molecule has 0 aromatic rings. The third-order valence-electron chi connectivity index (χ3n) is 4.02. The largest absolute Gasteiger partial charge is 0.376 e. The van der Waals surface area contributed by atoms with Gasteiger partial charge in [0.2, 0.25) is 5.91 Å². The molecule has 1 aliphatic heterocycles. The summed E-state index contributed by atoms with van der Waals surface area (Å²) in [5, 5.41) is 2.96. The highest BCUT2D eigenvalue weighted by Crippen LogP contribution is 2.27. The Bertz CT molecular complexity index is 279. The number of carbonyl (C=O) groups excluding carboxylic acids is 1. The Labute approximate surface area is 108 Å². The van der Waals surface area contributed by atoms with Gasteiger partial charge in [-0.3, -0.25) is 4.79 Å². The van der Waals surface area contributed by atoms with Crippen LogP contribution in [0.1, 0.15) is 26.2 Å². The molecule has 0 radical (unpaired) electrons. The lowest BCUT2D eigenvalue weighted by Crippen LogP contribution is -2.45. The normalized spacial score (nSPS) is 37.2. The molecule has 0 spiro atoms. The molecule has 18 heavy (non-hydrogen) atoms. The highest BCUT2D eigenvalue weighted by Gasteiger charge is 2.29. The van der Waals surface area contributed by atoms with E-state index >= 15 is 0 Å². The van der Waals surface area contributed by atoms with Crippen LogP contribution in [0.4, 0.5) is 0 Å². The van der Waals surface area contributed by atoms with Gasteiger partial charge >= 0.3 is 0 Å². The fourth-order valence-electron chi connectivity index (χ4n) is 2.61. The third-order valence-corrected chi connectivity index (χ3v) is 4.02. The average Bonchev–Trinajstić information content (AvgIpc) is 2.40. The Balaban J connectivity index is 1.70. The Hall–Kier alpha value is -0.650.